The standard InChI is InChI=1S/C17H24N6O2/c1-11(2)13-4-5-23(9-13)16(12(3)7-18)6-15(22-20)14(8-19)17(25)21-10-24/h6,8,10-11,13,20H,4-5,9,19H2,1-3H3,(H,21,24,25)/b14-8-,15-6-,16-12-,22-20?/t13-/m1/s1. The SMILES string of the molecule is C\C(C#N)=C(/C=C(N=N)/C(=C/N)C(=O)NC=O)N1CC[C@@H](C(C)C)C1. The first-order valence-corrected chi connectivity index (χ1v) is 8.01. The van der Waals surface area contributed by atoms with Crippen LogP contribution in [0.5, 0.6) is 0 Å². The van der Waals surface area contributed by atoms with Crippen molar-refractivity contribution in [1.29, 1.82) is 10.8 Å². The van der Waals surface area contributed by atoms with Crippen molar-refractivity contribution in [2.24, 2.45) is 22.7 Å². The molecule has 8 nitrogen and oxygen atoms in total. The highest BCUT2D eigenvalue weighted by atomic mass is 16.2. The molecule has 2 amide bonds. The molecule has 0 spiro atoms. The molecule has 1 heterocycles. The average Bonchev–Trinajstić information content (AvgIpc) is 3.08. The zero-order chi connectivity index (χ0) is 19.0. The fourth-order valence-corrected chi connectivity index (χ4v) is 2.75. The summed E-state index contributed by atoms with van der Waals surface area (Å²) in [5, 5.41) is 14.6. The van der Waals surface area contributed by atoms with Gasteiger partial charge in [0.15, 0.2) is 0 Å². The molecule has 1 fully saturated rings. The van der Waals surface area contributed by atoms with Crippen LogP contribution in [-0.2, 0) is 9.59 Å². The van der Waals surface area contributed by atoms with E-state index in [1.165, 1.54) is 6.08 Å². The number of nitrogens with zero attached hydrogens (tertiary/aromatic N) is 3. The smallest absolute Gasteiger partial charge is 0.261 e. The molecule has 4 N–H and O–H groups in total. The lowest BCUT2D eigenvalue weighted by atomic mass is 9.95. The van der Waals surface area contributed by atoms with Gasteiger partial charge in [-0.15, -0.1) is 0 Å². The van der Waals surface area contributed by atoms with Crippen LogP contribution in [0.15, 0.2) is 39.9 Å². The van der Waals surface area contributed by atoms with Crippen LogP contribution in [0.3, 0.4) is 0 Å². The van der Waals surface area contributed by atoms with Gasteiger partial charge in [0.1, 0.15) is 5.70 Å². The van der Waals surface area contributed by atoms with Crippen LogP contribution < -0.4 is 11.1 Å². The maximum atomic E-state index is 11.9. The number of hydrogen-bond acceptors (Lipinski definition) is 7. The van der Waals surface area contributed by atoms with Crippen molar-refractivity contribution in [3.8, 4) is 6.07 Å². The highest BCUT2D eigenvalue weighted by Gasteiger charge is 2.27. The largest absolute Gasteiger partial charge is 0.404 e. The van der Waals surface area contributed by atoms with Crippen LogP contribution in [0.4, 0.5) is 0 Å². The number of allylic oxidation sites excluding steroid dienone is 2. The summed E-state index contributed by atoms with van der Waals surface area (Å²) in [4.78, 5) is 24.4. The number of hydrogen-bond donors (Lipinski definition) is 3. The van der Waals surface area contributed by atoms with Gasteiger partial charge in [0, 0.05) is 24.9 Å². The monoisotopic (exact) mass is 344 g/mol. The lowest BCUT2D eigenvalue weighted by molar-refractivity contribution is -0.122. The molecule has 0 aromatic rings. The van der Waals surface area contributed by atoms with Gasteiger partial charge in [-0.3, -0.25) is 14.9 Å². The topological polar surface area (TPSA) is 135 Å². The molecule has 0 bridgehead atoms. The van der Waals surface area contributed by atoms with Gasteiger partial charge in [0.2, 0.25) is 6.41 Å². The lowest BCUT2D eigenvalue weighted by Crippen LogP contribution is -2.25. The minimum atomic E-state index is -0.754. The number of carbonyl (C=O) groups excluding carboxylic acids is 2. The molecular formula is C17H24N6O2. The molecule has 1 aliphatic heterocycles. The molecule has 0 radical (unpaired) electrons. The van der Waals surface area contributed by atoms with E-state index in [0.717, 1.165) is 25.7 Å². The van der Waals surface area contributed by atoms with Crippen molar-refractivity contribution in [3.05, 3.63) is 34.8 Å². The molecule has 0 aromatic carbocycles. The van der Waals surface area contributed by atoms with Crippen molar-refractivity contribution >= 4 is 12.3 Å². The first kappa shape index (κ1) is 20.1. The van der Waals surface area contributed by atoms with Crippen LogP contribution in [-0.4, -0.2) is 30.3 Å². The number of nitriles is 1. The molecule has 8 heteroatoms. The Morgan fingerprint density at radius 3 is 2.64 bits per heavy atom. The molecule has 1 atom stereocenters. The van der Waals surface area contributed by atoms with Crippen LogP contribution >= 0.6 is 0 Å². The second kappa shape index (κ2) is 9.37. The van der Waals surface area contributed by atoms with Gasteiger partial charge < -0.3 is 10.6 Å². The molecule has 134 valence electrons. The van der Waals surface area contributed by atoms with Gasteiger partial charge in [0.05, 0.1) is 17.3 Å². The number of rotatable bonds is 7. The number of carbonyl (C=O) groups is 2. The summed E-state index contributed by atoms with van der Waals surface area (Å²) in [6.45, 7) is 7.56. The number of imide groups is 1. The Hall–Kier alpha value is -2.95. The summed E-state index contributed by atoms with van der Waals surface area (Å²) in [6.07, 6.45) is 3.73. The third-order valence-corrected chi connectivity index (χ3v) is 4.33. The van der Waals surface area contributed by atoms with Gasteiger partial charge in [-0.1, -0.05) is 13.8 Å². The number of likely N-dealkylation sites (tertiary alicyclic amines) is 1. The molecular weight excluding hydrogens is 320 g/mol. The van der Waals surface area contributed by atoms with E-state index >= 15 is 0 Å². The minimum absolute atomic E-state index is 0.0144. The van der Waals surface area contributed by atoms with Crippen LogP contribution in [0.2, 0.25) is 0 Å². The minimum Gasteiger partial charge on any atom is -0.404 e. The van der Waals surface area contributed by atoms with E-state index in [2.05, 4.69) is 29.9 Å². The predicted octanol–water partition coefficient (Wildman–Crippen LogP) is 1.79. The predicted molar refractivity (Wildman–Crippen MR) is 92.5 cm³/mol. The van der Waals surface area contributed by atoms with Gasteiger partial charge >= 0.3 is 0 Å². The maximum Gasteiger partial charge on any atom is 0.261 e. The summed E-state index contributed by atoms with van der Waals surface area (Å²) < 4.78 is 0. The quantitative estimate of drug-likeness (QED) is 0.213. The van der Waals surface area contributed by atoms with Crippen molar-refractivity contribution in [2.75, 3.05) is 13.1 Å². The van der Waals surface area contributed by atoms with Crippen LogP contribution in [0, 0.1) is 28.7 Å². The Bertz CT molecular complexity index is 669. The van der Waals surface area contributed by atoms with Crippen molar-refractivity contribution in [1.82, 2.24) is 10.2 Å². The van der Waals surface area contributed by atoms with Crippen molar-refractivity contribution in [2.45, 2.75) is 27.2 Å². The summed E-state index contributed by atoms with van der Waals surface area (Å²) in [6, 6.07) is 2.11. The highest BCUT2D eigenvalue weighted by molar-refractivity contribution is 6.02. The Labute approximate surface area is 147 Å². The molecule has 0 saturated carbocycles. The molecule has 25 heavy (non-hydrogen) atoms. The van der Waals surface area contributed by atoms with Gasteiger partial charge in [-0.05, 0) is 31.3 Å². The summed E-state index contributed by atoms with van der Waals surface area (Å²) in [7, 11) is 0. The third-order valence-electron chi connectivity index (χ3n) is 4.33. The third kappa shape index (κ3) is 5.01. The highest BCUT2D eigenvalue weighted by Crippen LogP contribution is 2.29. The van der Waals surface area contributed by atoms with E-state index in [0.29, 0.717) is 23.1 Å². The van der Waals surface area contributed by atoms with E-state index in [4.69, 9.17) is 11.3 Å². The first-order chi connectivity index (χ1) is 11.9. The first-order valence-electron chi connectivity index (χ1n) is 8.01. The average molecular weight is 344 g/mol. The Balaban J connectivity index is 3.26. The molecule has 1 saturated heterocycles. The normalized spacial score (nSPS) is 19.3. The van der Waals surface area contributed by atoms with Crippen LogP contribution in [0.1, 0.15) is 27.2 Å². The van der Waals surface area contributed by atoms with Gasteiger partial charge in [-0.25, -0.2) is 5.53 Å². The second-order valence-corrected chi connectivity index (χ2v) is 6.17. The zero-order valence-corrected chi connectivity index (χ0v) is 14.7. The summed E-state index contributed by atoms with van der Waals surface area (Å²) in [5.74, 6) is 0.278. The van der Waals surface area contributed by atoms with Crippen LogP contribution in [0.25, 0.3) is 0 Å². The van der Waals surface area contributed by atoms with E-state index in [9.17, 15) is 14.9 Å². The van der Waals surface area contributed by atoms with Gasteiger partial charge in [-0.2, -0.15) is 10.4 Å². The number of nitrogens with one attached hydrogen (secondary N) is 2. The molecule has 1 aliphatic rings. The number of nitrogens with two attached hydrogens (primary N) is 1. The Morgan fingerprint density at radius 1 is 1.52 bits per heavy atom. The van der Waals surface area contributed by atoms with E-state index < -0.39 is 5.91 Å². The summed E-state index contributed by atoms with van der Waals surface area (Å²) in [5.41, 5.74) is 13.8. The van der Waals surface area contributed by atoms with E-state index in [-0.39, 0.29) is 17.7 Å². The molecule has 1 rings (SSSR count). The molecule has 0 aromatic heterocycles. The maximum absolute atomic E-state index is 11.9. The zero-order valence-electron chi connectivity index (χ0n) is 14.7. The fourth-order valence-electron chi connectivity index (χ4n) is 2.75. The number of amides is 2. The summed E-state index contributed by atoms with van der Waals surface area (Å²) >= 11 is 0. The second-order valence-electron chi connectivity index (χ2n) is 6.17. The van der Waals surface area contributed by atoms with E-state index in [1.807, 2.05) is 5.32 Å². The van der Waals surface area contributed by atoms with Crippen molar-refractivity contribution in [3.63, 3.8) is 0 Å². The lowest BCUT2D eigenvalue weighted by Gasteiger charge is -2.22. The van der Waals surface area contributed by atoms with E-state index in [1.54, 1.807) is 6.92 Å². The van der Waals surface area contributed by atoms with Gasteiger partial charge in [0.25, 0.3) is 5.91 Å². The molecule has 0 aliphatic carbocycles. The Morgan fingerprint density at radius 2 is 2.20 bits per heavy atom. The Kier molecular flexibility index (Phi) is 7.53. The molecule has 0 unspecified atom stereocenters. The van der Waals surface area contributed by atoms with Crippen molar-refractivity contribution < 1.29 is 9.59 Å². The fraction of sp³-hybridized carbons (Fsp3) is 0.471.